The molecule has 100 valence electrons. The average molecular weight is 253 g/mol. The SMILES string of the molecule is C(#Cc1ccccc1)CN1CCC[C@H]2CCCC[C@@H]21. The third-order valence-electron chi connectivity index (χ3n) is 4.65. The fourth-order valence-corrected chi connectivity index (χ4v) is 3.69. The summed E-state index contributed by atoms with van der Waals surface area (Å²) in [6.07, 6.45) is 8.54. The van der Waals surface area contributed by atoms with Gasteiger partial charge >= 0.3 is 0 Å². The molecular weight excluding hydrogens is 230 g/mol. The van der Waals surface area contributed by atoms with Gasteiger partial charge in [-0.15, -0.1) is 0 Å². The first-order chi connectivity index (χ1) is 9.43. The smallest absolute Gasteiger partial charge is 0.0607 e. The molecular formula is C18H23N. The summed E-state index contributed by atoms with van der Waals surface area (Å²) in [5.74, 6) is 7.64. The molecule has 0 radical (unpaired) electrons. The summed E-state index contributed by atoms with van der Waals surface area (Å²) >= 11 is 0. The highest BCUT2D eigenvalue weighted by Gasteiger charge is 2.32. The van der Waals surface area contributed by atoms with Crippen LogP contribution in [0, 0.1) is 17.8 Å². The summed E-state index contributed by atoms with van der Waals surface area (Å²) in [6.45, 7) is 2.21. The minimum absolute atomic E-state index is 0.826. The van der Waals surface area contributed by atoms with Crippen LogP contribution in [0.1, 0.15) is 44.1 Å². The summed E-state index contributed by atoms with van der Waals surface area (Å²) in [4.78, 5) is 2.64. The molecule has 2 fully saturated rings. The highest BCUT2D eigenvalue weighted by molar-refractivity contribution is 5.33. The van der Waals surface area contributed by atoms with E-state index in [-0.39, 0.29) is 0 Å². The second-order valence-corrected chi connectivity index (χ2v) is 5.89. The van der Waals surface area contributed by atoms with Crippen molar-refractivity contribution >= 4 is 0 Å². The minimum Gasteiger partial charge on any atom is -0.289 e. The van der Waals surface area contributed by atoms with Crippen molar-refractivity contribution in [3.63, 3.8) is 0 Å². The van der Waals surface area contributed by atoms with Gasteiger partial charge in [-0.2, -0.15) is 0 Å². The maximum absolute atomic E-state index is 3.38. The van der Waals surface area contributed by atoms with Crippen LogP contribution in [0.4, 0.5) is 0 Å². The lowest BCUT2D eigenvalue weighted by molar-refractivity contribution is 0.0729. The lowest BCUT2D eigenvalue weighted by Crippen LogP contribution is -2.46. The van der Waals surface area contributed by atoms with E-state index in [9.17, 15) is 0 Å². The third kappa shape index (κ3) is 3.19. The van der Waals surface area contributed by atoms with E-state index in [1.807, 2.05) is 6.07 Å². The van der Waals surface area contributed by atoms with Crippen molar-refractivity contribution in [2.75, 3.05) is 13.1 Å². The number of nitrogens with zero attached hydrogens (tertiary/aromatic N) is 1. The van der Waals surface area contributed by atoms with E-state index in [0.29, 0.717) is 0 Å². The lowest BCUT2D eigenvalue weighted by Gasteiger charge is -2.43. The zero-order valence-electron chi connectivity index (χ0n) is 11.6. The zero-order chi connectivity index (χ0) is 12.9. The van der Waals surface area contributed by atoms with Crippen LogP contribution in [0.2, 0.25) is 0 Å². The standard InChI is InChI=1S/C18H23N/c1-2-8-16(9-3-1)10-6-14-19-15-7-12-17-11-4-5-13-18(17)19/h1-3,8-9,17-18H,4-5,7,11-15H2/t17-,18+/m1/s1. The summed E-state index contributed by atoms with van der Waals surface area (Å²) in [6, 6.07) is 11.2. The van der Waals surface area contributed by atoms with Gasteiger partial charge in [-0.1, -0.05) is 42.9 Å². The topological polar surface area (TPSA) is 3.24 Å². The number of hydrogen-bond donors (Lipinski definition) is 0. The molecule has 3 rings (SSSR count). The summed E-state index contributed by atoms with van der Waals surface area (Å²) < 4.78 is 0. The molecule has 1 aromatic carbocycles. The fraction of sp³-hybridized carbons (Fsp3) is 0.556. The van der Waals surface area contributed by atoms with Gasteiger partial charge in [0, 0.05) is 11.6 Å². The number of rotatable bonds is 1. The van der Waals surface area contributed by atoms with Gasteiger partial charge in [0.05, 0.1) is 6.54 Å². The van der Waals surface area contributed by atoms with E-state index in [2.05, 4.69) is 41.0 Å². The second-order valence-electron chi connectivity index (χ2n) is 5.89. The van der Waals surface area contributed by atoms with Gasteiger partial charge in [-0.05, 0) is 50.3 Å². The van der Waals surface area contributed by atoms with Crippen LogP contribution >= 0.6 is 0 Å². The molecule has 0 aromatic heterocycles. The molecule has 1 aliphatic heterocycles. The molecule has 1 aliphatic carbocycles. The zero-order valence-corrected chi connectivity index (χ0v) is 11.6. The van der Waals surface area contributed by atoms with E-state index in [1.165, 1.54) is 45.1 Å². The molecule has 0 N–H and O–H groups in total. The Bertz CT molecular complexity index is 452. The van der Waals surface area contributed by atoms with Crippen molar-refractivity contribution in [1.82, 2.24) is 4.90 Å². The van der Waals surface area contributed by atoms with E-state index in [0.717, 1.165) is 24.1 Å². The van der Waals surface area contributed by atoms with E-state index >= 15 is 0 Å². The predicted octanol–water partition coefficient (Wildman–Crippen LogP) is 3.69. The van der Waals surface area contributed by atoms with Crippen molar-refractivity contribution in [2.45, 2.75) is 44.6 Å². The van der Waals surface area contributed by atoms with Crippen molar-refractivity contribution in [1.29, 1.82) is 0 Å². The quantitative estimate of drug-likeness (QED) is 0.690. The average Bonchev–Trinajstić information content (AvgIpc) is 2.49. The first-order valence-corrected chi connectivity index (χ1v) is 7.71. The molecule has 0 unspecified atom stereocenters. The summed E-state index contributed by atoms with van der Waals surface area (Å²) in [7, 11) is 0. The summed E-state index contributed by atoms with van der Waals surface area (Å²) in [5, 5.41) is 0. The van der Waals surface area contributed by atoms with Crippen LogP contribution < -0.4 is 0 Å². The highest BCUT2D eigenvalue weighted by Crippen LogP contribution is 2.34. The van der Waals surface area contributed by atoms with Crippen molar-refractivity contribution in [3.8, 4) is 11.8 Å². The number of benzene rings is 1. The Labute approximate surface area is 117 Å². The van der Waals surface area contributed by atoms with Gasteiger partial charge in [-0.25, -0.2) is 0 Å². The third-order valence-corrected chi connectivity index (χ3v) is 4.65. The Kier molecular flexibility index (Phi) is 4.20. The maximum atomic E-state index is 3.38. The molecule has 2 aliphatic rings. The van der Waals surface area contributed by atoms with Crippen LogP contribution in [0.3, 0.4) is 0 Å². The second kappa shape index (κ2) is 6.26. The Balaban J connectivity index is 1.61. The number of likely N-dealkylation sites (tertiary alicyclic amines) is 1. The molecule has 0 bridgehead atoms. The number of piperidine rings is 1. The van der Waals surface area contributed by atoms with Gasteiger partial charge in [0.15, 0.2) is 0 Å². The minimum atomic E-state index is 0.826. The molecule has 1 heteroatoms. The lowest BCUT2D eigenvalue weighted by atomic mass is 9.78. The normalized spacial score (nSPS) is 27.2. The fourth-order valence-electron chi connectivity index (χ4n) is 3.69. The van der Waals surface area contributed by atoms with Crippen molar-refractivity contribution in [3.05, 3.63) is 35.9 Å². The molecule has 0 amide bonds. The van der Waals surface area contributed by atoms with Crippen LogP contribution in [0.5, 0.6) is 0 Å². The van der Waals surface area contributed by atoms with E-state index < -0.39 is 0 Å². The molecule has 19 heavy (non-hydrogen) atoms. The molecule has 1 aromatic rings. The van der Waals surface area contributed by atoms with Crippen molar-refractivity contribution < 1.29 is 0 Å². The van der Waals surface area contributed by atoms with Crippen LogP contribution in [-0.4, -0.2) is 24.0 Å². The number of hydrogen-bond acceptors (Lipinski definition) is 1. The Morgan fingerprint density at radius 1 is 1.00 bits per heavy atom. The Morgan fingerprint density at radius 2 is 1.79 bits per heavy atom. The highest BCUT2D eigenvalue weighted by atomic mass is 15.2. The summed E-state index contributed by atoms with van der Waals surface area (Å²) in [5.41, 5.74) is 1.14. The molecule has 1 saturated carbocycles. The van der Waals surface area contributed by atoms with Crippen molar-refractivity contribution in [2.24, 2.45) is 5.92 Å². The van der Waals surface area contributed by atoms with Gasteiger partial charge < -0.3 is 0 Å². The first kappa shape index (κ1) is 12.8. The number of fused-ring (bicyclic) bond motifs is 1. The molecule has 1 saturated heterocycles. The molecule has 2 atom stereocenters. The monoisotopic (exact) mass is 253 g/mol. The van der Waals surface area contributed by atoms with Crippen LogP contribution in [0.15, 0.2) is 30.3 Å². The van der Waals surface area contributed by atoms with Gasteiger partial charge in [0.2, 0.25) is 0 Å². The van der Waals surface area contributed by atoms with Crippen LogP contribution in [0.25, 0.3) is 0 Å². The molecule has 1 nitrogen and oxygen atoms in total. The maximum Gasteiger partial charge on any atom is 0.0607 e. The molecule has 0 spiro atoms. The van der Waals surface area contributed by atoms with E-state index in [1.54, 1.807) is 0 Å². The van der Waals surface area contributed by atoms with E-state index in [4.69, 9.17) is 0 Å². The van der Waals surface area contributed by atoms with Gasteiger partial charge in [0.1, 0.15) is 0 Å². The largest absolute Gasteiger partial charge is 0.289 e. The van der Waals surface area contributed by atoms with Gasteiger partial charge in [-0.3, -0.25) is 4.90 Å². The van der Waals surface area contributed by atoms with Gasteiger partial charge in [0.25, 0.3) is 0 Å². The Morgan fingerprint density at radius 3 is 2.68 bits per heavy atom. The predicted molar refractivity (Wildman–Crippen MR) is 79.9 cm³/mol. The Hall–Kier alpha value is -1.26. The molecule has 1 heterocycles. The van der Waals surface area contributed by atoms with Crippen LogP contribution in [-0.2, 0) is 0 Å². The first-order valence-electron chi connectivity index (χ1n) is 7.71.